The Balaban J connectivity index is 2.78. The van der Waals surface area contributed by atoms with E-state index in [2.05, 4.69) is 4.98 Å². The highest BCUT2D eigenvalue weighted by Gasteiger charge is 2.14. The molecule has 1 atom stereocenters. The van der Waals surface area contributed by atoms with Crippen molar-refractivity contribution in [1.29, 1.82) is 0 Å². The lowest BCUT2D eigenvalue weighted by atomic mass is 10.1. The van der Waals surface area contributed by atoms with Crippen molar-refractivity contribution in [1.82, 2.24) is 4.98 Å². The van der Waals surface area contributed by atoms with Crippen LogP contribution in [0, 0.1) is 0 Å². The Kier molecular flexibility index (Phi) is 3.23. The molecule has 12 heavy (non-hydrogen) atoms. The summed E-state index contributed by atoms with van der Waals surface area (Å²) in [4.78, 5) is 15.0. The fourth-order valence-corrected chi connectivity index (χ4v) is 1.17. The molecule has 1 heterocycles. The Bertz CT molecular complexity index is 260. The summed E-state index contributed by atoms with van der Waals surface area (Å²) in [7, 11) is 0. The van der Waals surface area contributed by atoms with E-state index in [4.69, 9.17) is 11.6 Å². The van der Waals surface area contributed by atoms with Gasteiger partial charge in [-0.15, -0.1) is 11.6 Å². The normalized spacial score (nSPS) is 12.5. The number of halogens is 1. The molecular formula is C9H10ClNO. The van der Waals surface area contributed by atoms with Crippen molar-refractivity contribution in [2.75, 3.05) is 0 Å². The quantitative estimate of drug-likeness (QED) is 0.674. The number of carbonyl (C=O) groups excluding carboxylic acids is 1. The lowest BCUT2D eigenvalue weighted by molar-refractivity contribution is -0.118. The largest absolute Gasteiger partial charge is 0.298 e. The third kappa shape index (κ3) is 2.05. The number of aromatic nitrogens is 1. The van der Waals surface area contributed by atoms with E-state index in [0.29, 0.717) is 6.42 Å². The van der Waals surface area contributed by atoms with E-state index in [9.17, 15) is 4.79 Å². The van der Waals surface area contributed by atoms with Gasteiger partial charge < -0.3 is 0 Å². The van der Waals surface area contributed by atoms with Crippen molar-refractivity contribution in [3.8, 4) is 0 Å². The van der Waals surface area contributed by atoms with E-state index in [1.807, 2.05) is 0 Å². The van der Waals surface area contributed by atoms with Gasteiger partial charge in [0.05, 0.1) is 0 Å². The third-order valence-corrected chi connectivity index (χ3v) is 2.10. The van der Waals surface area contributed by atoms with Gasteiger partial charge in [0.2, 0.25) is 0 Å². The molecule has 1 unspecified atom stereocenters. The highest BCUT2D eigenvalue weighted by atomic mass is 35.5. The van der Waals surface area contributed by atoms with Gasteiger partial charge in [-0.05, 0) is 11.6 Å². The van der Waals surface area contributed by atoms with Gasteiger partial charge >= 0.3 is 0 Å². The number of carbonyl (C=O) groups is 1. The fraction of sp³-hybridized carbons (Fsp3) is 0.333. The summed E-state index contributed by atoms with van der Waals surface area (Å²) in [6.07, 6.45) is 3.73. The van der Waals surface area contributed by atoms with Crippen LogP contribution in [0.5, 0.6) is 0 Å². The molecule has 0 saturated carbocycles. The number of Topliss-reactive ketones (excluding diaryl/α,β-unsaturated/α-hetero) is 1. The smallest absolute Gasteiger partial charge is 0.154 e. The molecule has 1 aromatic rings. The van der Waals surface area contributed by atoms with E-state index in [-0.39, 0.29) is 5.78 Å². The van der Waals surface area contributed by atoms with Crippen LogP contribution in [0.2, 0.25) is 0 Å². The van der Waals surface area contributed by atoms with Crippen LogP contribution in [-0.4, -0.2) is 10.8 Å². The topological polar surface area (TPSA) is 30.0 Å². The first-order valence-corrected chi connectivity index (χ1v) is 4.26. The molecule has 0 bridgehead atoms. The first kappa shape index (κ1) is 9.20. The molecule has 0 radical (unpaired) electrons. The molecule has 0 saturated heterocycles. The average molecular weight is 184 g/mol. The van der Waals surface area contributed by atoms with Gasteiger partial charge in [0.1, 0.15) is 5.38 Å². The number of ketones is 1. The van der Waals surface area contributed by atoms with Crippen LogP contribution in [0.4, 0.5) is 0 Å². The minimum atomic E-state index is -0.538. The van der Waals surface area contributed by atoms with Gasteiger partial charge in [0.25, 0.3) is 0 Å². The Morgan fingerprint density at radius 3 is 3.00 bits per heavy atom. The molecule has 64 valence electrons. The standard InChI is InChI=1S/C9H10ClNO/c1-2-8(12)9(10)7-4-3-5-11-6-7/h3-6,9H,2H2,1H3. The van der Waals surface area contributed by atoms with E-state index in [1.165, 1.54) is 0 Å². The molecule has 0 amide bonds. The molecule has 2 nitrogen and oxygen atoms in total. The summed E-state index contributed by atoms with van der Waals surface area (Å²) in [5, 5.41) is -0.538. The SMILES string of the molecule is CCC(=O)C(Cl)c1cccnc1. The number of pyridine rings is 1. The van der Waals surface area contributed by atoms with Crippen LogP contribution in [0.1, 0.15) is 24.3 Å². The molecule has 0 aliphatic rings. The lowest BCUT2D eigenvalue weighted by Gasteiger charge is -2.05. The van der Waals surface area contributed by atoms with Crippen molar-refractivity contribution in [2.24, 2.45) is 0 Å². The van der Waals surface area contributed by atoms with Crippen LogP contribution in [-0.2, 0) is 4.79 Å². The summed E-state index contributed by atoms with van der Waals surface area (Å²) >= 11 is 5.87. The second-order valence-corrected chi connectivity index (χ2v) is 2.91. The van der Waals surface area contributed by atoms with Gasteiger partial charge in [-0.25, -0.2) is 0 Å². The van der Waals surface area contributed by atoms with Crippen molar-refractivity contribution < 1.29 is 4.79 Å². The highest BCUT2D eigenvalue weighted by Crippen LogP contribution is 2.21. The van der Waals surface area contributed by atoms with Crippen molar-refractivity contribution >= 4 is 17.4 Å². The summed E-state index contributed by atoms with van der Waals surface area (Å²) in [5.74, 6) is 0.0321. The van der Waals surface area contributed by atoms with E-state index >= 15 is 0 Å². The maximum absolute atomic E-state index is 11.2. The minimum Gasteiger partial charge on any atom is -0.298 e. The lowest BCUT2D eigenvalue weighted by Crippen LogP contribution is -2.04. The Morgan fingerprint density at radius 1 is 1.75 bits per heavy atom. The molecule has 0 fully saturated rings. The van der Waals surface area contributed by atoms with Gasteiger partial charge in [-0.2, -0.15) is 0 Å². The molecule has 0 aromatic carbocycles. The summed E-state index contributed by atoms with van der Waals surface area (Å²) in [6, 6.07) is 3.58. The first-order chi connectivity index (χ1) is 5.75. The van der Waals surface area contributed by atoms with Crippen LogP contribution >= 0.6 is 11.6 Å². The highest BCUT2D eigenvalue weighted by molar-refractivity contribution is 6.31. The zero-order valence-corrected chi connectivity index (χ0v) is 7.58. The Morgan fingerprint density at radius 2 is 2.50 bits per heavy atom. The second-order valence-electron chi connectivity index (χ2n) is 2.47. The first-order valence-electron chi connectivity index (χ1n) is 3.82. The monoisotopic (exact) mass is 183 g/mol. The van der Waals surface area contributed by atoms with E-state index in [1.54, 1.807) is 31.5 Å². The molecule has 0 spiro atoms. The molecular weight excluding hydrogens is 174 g/mol. The number of alkyl halides is 1. The van der Waals surface area contributed by atoms with Crippen molar-refractivity contribution in [2.45, 2.75) is 18.7 Å². The van der Waals surface area contributed by atoms with Crippen LogP contribution < -0.4 is 0 Å². The number of rotatable bonds is 3. The van der Waals surface area contributed by atoms with Crippen LogP contribution in [0.25, 0.3) is 0 Å². The predicted molar refractivity (Wildman–Crippen MR) is 48.1 cm³/mol. The Hall–Kier alpha value is -0.890. The fourth-order valence-electron chi connectivity index (χ4n) is 0.891. The average Bonchev–Trinajstić information content (AvgIpc) is 2.17. The minimum absolute atomic E-state index is 0.0321. The van der Waals surface area contributed by atoms with E-state index in [0.717, 1.165) is 5.56 Å². The molecule has 0 aliphatic heterocycles. The van der Waals surface area contributed by atoms with Crippen LogP contribution in [0.3, 0.4) is 0 Å². The molecule has 1 aromatic heterocycles. The number of nitrogens with zero attached hydrogens (tertiary/aromatic N) is 1. The molecule has 1 rings (SSSR count). The second kappa shape index (κ2) is 4.21. The number of hydrogen-bond acceptors (Lipinski definition) is 2. The summed E-state index contributed by atoms with van der Waals surface area (Å²) in [5.41, 5.74) is 0.769. The van der Waals surface area contributed by atoms with Gasteiger partial charge in [-0.3, -0.25) is 9.78 Å². The predicted octanol–water partition coefficient (Wildman–Crippen LogP) is 2.34. The summed E-state index contributed by atoms with van der Waals surface area (Å²) < 4.78 is 0. The Labute approximate surface area is 76.6 Å². The maximum atomic E-state index is 11.2. The molecule has 3 heteroatoms. The maximum Gasteiger partial charge on any atom is 0.154 e. The van der Waals surface area contributed by atoms with Gasteiger partial charge in [0, 0.05) is 18.8 Å². The zero-order valence-electron chi connectivity index (χ0n) is 6.83. The third-order valence-electron chi connectivity index (χ3n) is 1.61. The van der Waals surface area contributed by atoms with Gasteiger partial charge in [0.15, 0.2) is 5.78 Å². The van der Waals surface area contributed by atoms with Crippen molar-refractivity contribution in [3.63, 3.8) is 0 Å². The van der Waals surface area contributed by atoms with Gasteiger partial charge in [-0.1, -0.05) is 13.0 Å². The zero-order chi connectivity index (χ0) is 8.97. The molecule has 0 N–H and O–H groups in total. The molecule has 0 aliphatic carbocycles. The van der Waals surface area contributed by atoms with Crippen LogP contribution in [0.15, 0.2) is 24.5 Å². The van der Waals surface area contributed by atoms with Crippen molar-refractivity contribution in [3.05, 3.63) is 30.1 Å². The summed E-state index contributed by atoms with van der Waals surface area (Å²) in [6.45, 7) is 1.80. The number of hydrogen-bond donors (Lipinski definition) is 0. The van der Waals surface area contributed by atoms with E-state index < -0.39 is 5.38 Å².